The van der Waals surface area contributed by atoms with Crippen molar-refractivity contribution in [3.05, 3.63) is 60.7 Å². The van der Waals surface area contributed by atoms with Gasteiger partial charge in [-0.3, -0.25) is 9.69 Å². The third-order valence-corrected chi connectivity index (χ3v) is 6.01. The Morgan fingerprint density at radius 3 is 2.75 bits per heavy atom. The molecule has 1 fully saturated rings. The largest absolute Gasteiger partial charge is 0.495 e. The number of carbonyl (C=O) groups excluding carboxylic acids is 1. The van der Waals surface area contributed by atoms with Crippen molar-refractivity contribution in [2.45, 2.75) is 25.6 Å². The lowest BCUT2D eigenvalue weighted by molar-refractivity contribution is -0.159. The number of hydrogen-bond donors (Lipinski definition) is 1. The molecule has 0 aromatic heterocycles. The molecule has 0 unspecified atom stereocenters. The number of anilines is 1. The van der Waals surface area contributed by atoms with E-state index >= 15 is 0 Å². The van der Waals surface area contributed by atoms with E-state index < -0.39 is 23.7 Å². The molecule has 2 aromatic rings. The van der Waals surface area contributed by atoms with Gasteiger partial charge in [0.25, 0.3) is 0 Å². The molecule has 8 heteroatoms. The molecule has 0 saturated carbocycles. The molecule has 168 valence electrons. The molecule has 0 spiro atoms. The maximum Gasteiger partial charge on any atom is 0.317 e. The second-order valence-electron chi connectivity index (χ2n) is 7.60. The van der Waals surface area contributed by atoms with Crippen LogP contribution in [0.4, 0.5) is 5.69 Å². The number of carbonyl (C=O) groups is 1. The average Bonchev–Trinajstić information content (AvgIpc) is 2.78. The second kappa shape index (κ2) is 8.70. The Labute approximate surface area is 192 Å². The highest BCUT2D eigenvalue weighted by Gasteiger charge is 2.60. The van der Waals surface area contributed by atoms with Crippen LogP contribution in [-0.2, 0) is 9.53 Å². The SMILES string of the molecule is C=CCOC(=O)[C@@H]1[C@H]2NC(=S)N(c3ccccc3OC)[C@@]1(C)Oc1c(OCC)cccc12. The molecule has 1 N–H and O–H groups in total. The highest BCUT2D eigenvalue weighted by atomic mass is 32.1. The molecule has 2 aromatic carbocycles. The summed E-state index contributed by atoms with van der Waals surface area (Å²) in [6.07, 6.45) is 1.54. The number of rotatable bonds is 7. The topological polar surface area (TPSA) is 69.3 Å². The van der Waals surface area contributed by atoms with Crippen LogP contribution >= 0.6 is 12.2 Å². The Balaban J connectivity index is 1.91. The predicted molar refractivity (Wildman–Crippen MR) is 125 cm³/mol. The number of para-hydroxylation sites is 3. The van der Waals surface area contributed by atoms with Gasteiger partial charge in [0.2, 0.25) is 5.72 Å². The van der Waals surface area contributed by atoms with Crippen LogP contribution in [0.5, 0.6) is 17.2 Å². The summed E-state index contributed by atoms with van der Waals surface area (Å²) in [6.45, 7) is 7.97. The van der Waals surface area contributed by atoms with Gasteiger partial charge in [-0.05, 0) is 44.3 Å². The number of esters is 1. The number of ether oxygens (including phenoxy) is 4. The summed E-state index contributed by atoms with van der Waals surface area (Å²) >= 11 is 5.76. The molecule has 2 aliphatic heterocycles. The number of hydrogen-bond acceptors (Lipinski definition) is 6. The first-order chi connectivity index (χ1) is 15.5. The zero-order valence-corrected chi connectivity index (χ0v) is 19.1. The van der Waals surface area contributed by atoms with E-state index in [0.29, 0.717) is 34.7 Å². The Morgan fingerprint density at radius 2 is 2.03 bits per heavy atom. The first kappa shape index (κ1) is 22.0. The third-order valence-electron chi connectivity index (χ3n) is 5.71. The highest BCUT2D eigenvalue weighted by Crippen LogP contribution is 2.53. The molecule has 2 heterocycles. The average molecular weight is 455 g/mol. The van der Waals surface area contributed by atoms with Crippen molar-refractivity contribution in [3.8, 4) is 17.2 Å². The number of benzene rings is 2. The molecule has 2 aliphatic rings. The molecule has 0 radical (unpaired) electrons. The lowest BCUT2D eigenvalue weighted by atomic mass is 9.79. The summed E-state index contributed by atoms with van der Waals surface area (Å²) in [5.74, 6) is 0.628. The second-order valence-corrected chi connectivity index (χ2v) is 7.98. The Kier molecular flexibility index (Phi) is 5.97. The van der Waals surface area contributed by atoms with Gasteiger partial charge in [0.1, 0.15) is 18.3 Å². The number of thiocarbonyl (C=S) groups is 1. The van der Waals surface area contributed by atoms with Gasteiger partial charge >= 0.3 is 5.97 Å². The molecule has 2 bridgehead atoms. The lowest BCUT2D eigenvalue weighted by Crippen LogP contribution is -2.71. The lowest BCUT2D eigenvalue weighted by Gasteiger charge is -2.55. The van der Waals surface area contributed by atoms with Crippen LogP contribution in [0.2, 0.25) is 0 Å². The summed E-state index contributed by atoms with van der Waals surface area (Å²) in [7, 11) is 1.59. The minimum absolute atomic E-state index is 0.100. The Morgan fingerprint density at radius 1 is 1.28 bits per heavy atom. The van der Waals surface area contributed by atoms with E-state index in [-0.39, 0.29) is 6.61 Å². The predicted octanol–water partition coefficient (Wildman–Crippen LogP) is 3.98. The van der Waals surface area contributed by atoms with Crippen molar-refractivity contribution >= 4 is 29.0 Å². The van der Waals surface area contributed by atoms with Crippen molar-refractivity contribution in [1.29, 1.82) is 0 Å². The number of fused-ring (bicyclic) bond motifs is 4. The molecule has 0 aliphatic carbocycles. The smallest absolute Gasteiger partial charge is 0.317 e. The number of nitrogens with one attached hydrogen (secondary N) is 1. The van der Waals surface area contributed by atoms with Crippen LogP contribution < -0.4 is 24.4 Å². The van der Waals surface area contributed by atoms with E-state index in [0.717, 1.165) is 5.56 Å². The van der Waals surface area contributed by atoms with E-state index in [4.69, 9.17) is 31.2 Å². The standard InChI is InChI=1S/C24H26N2O5S/c1-5-14-30-22(27)19-20-15-10-9-13-18(29-6-2)21(15)31-24(19,3)26(23(32)25-20)16-11-7-8-12-17(16)28-4/h5,7-13,19-20H,1,6,14H2,2-4H3,(H,25,32)/t19-,20-,24-/m0/s1. The quantitative estimate of drug-likeness (QED) is 0.383. The van der Waals surface area contributed by atoms with E-state index in [1.54, 1.807) is 12.0 Å². The zero-order chi connectivity index (χ0) is 22.9. The van der Waals surface area contributed by atoms with Gasteiger partial charge in [-0.25, -0.2) is 0 Å². The number of nitrogens with zero attached hydrogens (tertiary/aromatic N) is 1. The van der Waals surface area contributed by atoms with Gasteiger partial charge in [-0.1, -0.05) is 36.9 Å². The molecule has 1 saturated heterocycles. The van der Waals surface area contributed by atoms with E-state index in [1.165, 1.54) is 6.08 Å². The van der Waals surface area contributed by atoms with Crippen molar-refractivity contribution in [2.75, 3.05) is 25.2 Å². The molecule has 3 atom stereocenters. The summed E-state index contributed by atoms with van der Waals surface area (Å²) in [4.78, 5) is 15.1. The first-order valence-corrected chi connectivity index (χ1v) is 10.8. The zero-order valence-electron chi connectivity index (χ0n) is 18.3. The van der Waals surface area contributed by atoms with Crippen molar-refractivity contribution in [1.82, 2.24) is 5.32 Å². The van der Waals surface area contributed by atoms with Gasteiger partial charge in [-0.2, -0.15) is 0 Å². The maximum absolute atomic E-state index is 13.3. The van der Waals surface area contributed by atoms with Gasteiger partial charge in [0.15, 0.2) is 16.6 Å². The Bertz CT molecular complexity index is 1060. The van der Waals surface area contributed by atoms with E-state index in [1.807, 2.05) is 56.3 Å². The van der Waals surface area contributed by atoms with Gasteiger partial charge in [-0.15, -0.1) is 0 Å². The van der Waals surface area contributed by atoms with Crippen LogP contribution in [-0.4, -0.2) is 37.1 Å². The van der Waals surface area contributed by atoms with Gasteiger partial charge in [0.05, 0.1) is 25.4 Å². The summed E-state index contributed by atoms with van der Waals surface area (Å²) in [5.41, 5.74) is 0.253. The monoisotopic (exact) mass is 454 g/mol. The van der Waals surface area contributed by atoms with Crippen LogP contribution in [0.15, 0.2) is 55.1 Å². The van der Waals surface area contributed by atoms with Gasteiger partial charge < -0.3 is 24.3 Å². The summed E-state index contributed by atoms with van der Waals surface area (Å²) < 4.78 is 23.5. The first-order valence-electron chi connectivity index (χ1n) is 10.4. The summed E-state index contributed by atoms with van der Waals surface area (Å²) in [6, 6.07) is 12.6. The fourth-order valence-electron chi connectivity index (χ4n) is 4.41. The molecular weight excluding hydrogens is 428 g/mol. The third kappa shape index (κ3) is 3.44. The molecule has 4 rings (SSSR count). The molecular formula is C24H26N2O5S. The summed E-state index contributed by atoms with van der Waals surface area (Å²) in [5, 5.41) is 3.76. The normalized spacial score (nSPS) is 23.3. The van der Waals surface area contributed by atoms with Crippen LogP contribution in [0.3, 0.4) is 0 Å². The minimum Gasteiger partial charge on any atom is -0.495 e. The van der Waals surface area contributed by atoms with E-state index in [2.05, 4.69) is 11.9 Å². The fraction of sp³-hybridized carbons (Fsp3) is 0.333. The van der Waals surface area contributed by atoms with Crippen LogP contribution in [0.1, 0.15) is 25.5 Å². The fourth-order valence-corrected chi connectivity index (χ4v) is 4.82. The van der Waals surface area contributed by atoms with Crippen molar-refractivity contribution in [3.63, 3.8) is 0 Å². The molecule has 32 heavy (non-hydrogen) atoms. The van der Waals surface area contributed by atoms with Crippen LogP contribution in [0.25, 0.3) is 0 Å². The number of methoxy groups -OCH3 is 1. The van der Waals surface area contributed by atoms with Crippen LogP contribution in [0, 0.1) is 5.92 Å². The molecule has 7 nitrogen and oxygen atoms in total. The molecule has 0 amide bonds. The Hall–Kier alpha value is -3.26. The van der Waals surface area contributed by atoms with Crippen molar-refractivity contribution < 1.29 is 23.7 Å². The maximum atomic E-state index is 13.3. The minimum atomic E-state index is -1.21. The van der Waals surface area contributed by atoms with E-state index in [9.17, 15) is 4.79 Å². The van der Waals surface area contributed by atoms with Crippen molar-refractivity contribution in [2.24, 2.45) is 5.92 Å². The van der Waals surface area contributed by atoms with Gasteiger partial charge in [0, 0.05) is 5.56 Å². The highest BCUT2D eigenvalue weighted by molar-refractivity contribution is 7.80.